The molecule has 1 aromatic rings. The van der Waals surface area contributed by atoms with Gasteiger partial charge in [0.2, 0.25) is 5.91 Å². The number of hydrogen-bond donors (Lipinski definition) is 1. The van der Waals surface area contributed by atoms with E-state index in [-0.39, 0.29) is 0 Å². The van der Waals surface area contributed by atoms with Crippen LogP contribution < -0.4 is 5.32 Å². The monoisotopic (exact) mass is 272 g/mol. The molecule has 0 atom stereocenters. The van der Waals surface area contributed by atoms with Crippen LogP contribution in [-0.4, -0.2) is 25.8 Å². The number of rotatable bonds is 4. The van der Waals surface area contributed by atoms with E-state index in [9.17, 15) is 13.2 Å². The zero-order valence-electron chi connectivity index (χ0n) is 8.68. The second-order valence-corrected chi connectivity index (χ2v) is 5.75. The van der Waals surface area contributed by atoms with Gasteiger partial charge in [-0.05, 0) is 18.2 Å². The number of carbonyl (C=O) groups is 1. The van der Waals surface area contributed by atoms with Crippen molar-refractivity contribution >= 4 is 33.0 Å². The van der Waals surface area contributed by atoms with Crippen LogP contribution in [0.3, 0.4) is 0 Å². The normalized spacial score (nSPS) is 10.6. The second-order valence-electron chi connectivity index (χ2n) is 3.25. The van der Waals surface area contributed by atoms with Gasteiger partial charge in [-0.25, -0.2) is 8.42 Å². The molecule has 0 saturated heterocycles. The molecule has 5 nitrogen and oxygen atoms in total. The Balaban J connectivity index is 2.66. The van der Waals surface area contributed by atoms with Crippen LogP contribution in [0.4, 0.5) is 5.69 Å². The molecule has 1 N–H and O–H groups in total. The molecule has 0 bridgehead atoms. The Bertz CT molecular complexity index is 563. The number of nitriles is 1. The van der Waals surface area contributed by atoms with Gasteiger partial charge >= 0.3 is 0 Å². The molecule has 0 saturated carbocycles. The molecule has 0 radical (unpaired) electrons. The summed E-state index contributed by atoms with van der Waals surface area (Å²) >= 11 is 5.70. The smallest absolute Gasteiger partial charge is 0.239 e. The van der Waals surface area contributed by atoms with E-state index >= 15 is 0 Å². The van der Waals surface area contributed by atoms with Gasteiger partial charge in [-0.1, -0.05) is 17.7 Å². The third kappa shape index (κ3) is 4.85. The van der Waals surface area contributed by atoms with Crippen LogP contribution >= 0.6 is 11.6 Å². The lowest BCUT2D eigenvalue weighted by Crippen LogP contribution is -2.24. The van der Waals surface area contributed by atoms with Gasteiger partial charge in [-0.2, -0.15) is 5.26 Å². The average Bonchev–Trinajstić information content (AvgIpc) is 2.15. The fourth-order valence-electron chi connectivity index (χ4n) is 1.11. The Morgan fingerprint density at radius 2 is 2.18 bits per heavy atom. The van der Waals surface area contributed by atoms with Crippen molar-refractivity contribution in [2.45, 2.75) is 0 Å². The standard InChI is InChI=1S/C10H9ClN2O3S/c11-8-2-1-3-9(6-8)13-10(14)7-17(15,16)5-4-12/h1-3,6H,5,7H2,(H,13,14). The lowest BCUT2D eigenvalue weighted by Gasteiger charge is -2.04. The largest absolute Gasteiger partial charge is 0.325 e. The van der Waals surface area contributed by atoms with Gasteiger partial charge in [0, 0.05) is 10.7 Å². The van der Waals surface area contributed by atoms with E-state index in [1.165, 1.54) is 12.1 Å². The number of amides is 1. The maximum absolute atomic E-state index is 11.4. The topological polar surface area (TPSA) is 87.0 Å². The number of carbonyl (C=O) groups excluding carboxylic acids is 1. The minimum atomic E-state index is -3.67. The number of nitrogens with one attached hydrogen (secondary N) is 1. The number of halogens is 1. The van der Waals surface area contributed by atoms with E-state index < -0.39 is 27.3 Å². The molecule has 0 aliphatic heterocycles. The van der Waals surface area contributed by atoms with Crippen LogP contribution in [-0.2, 0) is 14.6 Å². The maximum Gasteiger partial charge on any atom is 0.239 e. The predicted octanol–water partition coefficient (Wildman–Crippen LogP) is 1.22. The molecular weight excluding hydrogens is 264 g/mol. The fourth-order valence-corrected chi connectivity index (χ4v) is 2.07. The molecule has 0 spiro atoms. The van der Waals surface area contributed by atoms with Crippen molar-refractivity contribution < 1.29 is 13.2 Å². The predicted molar refractivity (Wildman–Crippen MR) is 64.3 cm³/mol. The average molecular weight is 273 g/mol. The van der Waals surface area contributed by atoms with Crippen LogP contribution in [0.25, 0.3) is 0 Å². The molecule has 7 heteroatoms. The Hall–Kier alpha value is -1.58. The summed E-state index contributed by atoms with van der Waals surface area (Å²) in [7, 11) is -3.67. The van der Waals surface area contributed by atoms with Crippen molar-refractivity contribution in [3.8, 4) is 6.07 Å². The van der Waals surface area contributed by atoms with Crippen molar-refractivity contribution in [2.75, 3.05) is 16.8 Å². The number of sulfone groups is 1. The number of nitrogens with zero attached hydrogens (tertiary/aromatic N) is 1. The van der Waals surface area contributed by atoms with Gasteiger partial charge in [0.1, 0.15) is 11.5 Å². The molecule has 0 unspecified atom stereocenters. The number of hydrogen-bond acceptors (Lipinski definition) is 4. The summed E-state index contributed by atoms with van der Waals surface area (Å²) in [5.41, 5.74) is 0.412. The Labute approximate surface area is 104 Å². The lowest BCUT2D eigenvalue weighted by atomic mass is 10.3. The molecule has 90 valence electrons. The molecule has 1 aromatic carbocycles. The highest BCUT2D eigenvalue weighted by atomic mass is 35.5. The third-order valence-corrected chi connectivity index (χ3v) is 3.25. The van der Waals surface area contributed by atoms with Crippen LogP contribution in [0.2, 0.25) is 5.02 Å². The highest BCUT2D eigenvalue weighted by Gasteiger charge is 2.16. The number of anilines is 1. The quantitative estimate of drug-likeness (QED) is 0.893. The summed E-state index contributed by atoms with van der Waals surface area (Å²) in [4.78, 5) is 11.4. The summed E-state index contributed by atoms with van der Waals surface area (Å²) in [6.45, 7) is 0. The van der Waals surface area contributed by atoms with Crippen molar-refractivity contribution in [3.63, 3.8) is 0 Å². The molecule has 1 rings (SSSR count). The van der Waals surface area contributed by atoms with E-state index in [0.29, 0.717) is 10.7 Å². The summed E-state index contributed by atoms with van der Waals surface area (Å²) in [5, 5.41) is 11.1. The van der Waals surface area contributed by atoms with Gasteiger partial charge in [0.25, 0.3) is 0 Å². The maximum atomic E-state index is 11.4. The van der Waals surface area contributed by atoms with Crippen molar-refractivity contribution in [1.82, 2.24) is 0 Å². The third-order valence-electron chi connectivity index (χ3n) is 1.74. The lowest BCUT2D eigenvalue weighted by molar-refractivity contribution is -0.113. The molecule has 1 amide bonds. The molecule has 0 aliphatic carbocycles. The van der Waals surface area contributed by atoms with Gasteiger partial charge in [0.15, 0.2) is 9.84 Å². The van der Waals surface area contributed by atoms with Crippen LogP contribution in [0, 0.1) is 11.3 Å². The Morgan fingerprint density at radius 3 is 2.76 bits per heavy atom. The molecule has 0 fully saturated rings. The summed E-state index contributed by atoms with van der Waals surface area (Å²) in [6.07, 6.45) is 0. The van der Waals surface area contributed by atoms with E-state index in [1.807, 2.05) is 0 Å². The molecular formula is C10H9ClN2O3S. The van der Waals surface area contributed by atoms with Gasteiger partial charge in [0.05, 0.1) is 6.07 Å². The first-order valence-corrected chi connectivity index (χ1v) is 6.76. The summed E-state index contributed by atoms with van der Waals surface area (Å²) < 4.78 is 22.4. The Morgan fingerprint density at radius 1 is 1.47 bits per heavy atom. The minimum absolute atomic E-state index is 0.412. The van der Waals surface area contributed by atoms with Gasteiger partial charge in [-0.15, -0.1) is 0 Å². The Kier molecular flexibility index (Phi) is 4.49. The van der Waals surface area contributed by atoms with Crippen LogP contribution in [0.1, 0.15) is 0 Å². The first-order valence-electron chi connectivity index (χ1n) is 4.56. The molecule has 0 aliphatic rings. The highest BCUT2D eigenvalue weighted by molar-refractivity contribution is 7.92. The van der Waals surface area contributed by atoms with E-state index in [1.54, 1.807) is 18.2 Å². The highest BCUT2D eigenvalue weighted by Crippen LogP contribution is 2.14. The zero-order valence-corrected chi connectivity index (χ0v) is 10.3. The number of benzene rings is 1. The van der Waals surface area contributed by atoms with E-state index in [4.69, 9.17) is 16.9 Å². The summed E-state index contributed by atoms with van der Waals surface area (Å²) in [5.74, 6) is -2.08. The first-order chi connectivity index (χ1) is 7.93. The van der Waals surface area contributed by atoms with E-state index in [2.05, 4.69) is 5.32 Å². The van der Waals surface area contributed by atoms with Crippen molar-refractivity contribution in [3.05, 3.63) is 29.3 Å². The SMILES string of the molecule is N#CCS(=O)(=O)CC(=O)Nc1cccc(Cl)c1. The summed E-state index contributed by atoms with van der Waals surface area (Å²) in [6, 6.07) is 7.83. The van der Waals surface area contributed by atoms with Gasteiger partial charge < -0.3 is 5.32 Å². The van der Waals surface area contributed by atoms with E-state index in [0.717, 1.165) is 0 Å². The molecule has 17 heavy (non-hydrogen) atoms. The fraction of sp³-hybridized carbons (Fsp3) is 0.200. The van der Waals surface area contributed by atoms with Crippen molar-refractivity contribution in [2.24, 2.45) is 0 Å². The first kappa shape index (κ1) is 13.5. The zero-order chi connectivity index (χ0) is 12.9. The van der Waals surface area contributed by atoms with Gasteiger partial charge in [-0.3, -0.25) is 4.79 Å². The van der Waals surface area contributed by atoms with Crippen LogP contribution in [0.15, 0.2) is 24.3 Å². The molecule has 0 heterocycles. The minimum Gasteiger partial charge on any atom is -0.325 e. The second kappa shape index (κ2) is 5.66. The van der Waals surface area contributed by atoms with Crippen molar-refractivity contribution in [1.29, 1.82) is 5.26 Å². The molecule has 0 aromatic heterocycles. The van der Waals surface area contributed by atoms with Crippen LogP contribution in [0.5, 0.6) is 0 Å².